The van der Waals surface area contributed by atoms with Crippen molar-refractivity contribution in [3.8, 4) is 23.3 Å². The van der Waals surface area contributed by atoms with Gasteiger partial charge in [0.1, 0.15) is 16.8 Å². The van der Waals surface area contributed by atoms with E-state index in [0.717, 1.165) is 5.69 Å². The number of hydrogen-bond donors (Lipinski definition) is 1. The Bertz CT molecular complexity index is 1150. The van der Waals surface area contributed by atoms with Crippen molar-refractivity contribution in [1.29, 1.82) is 5.26 Å². The molecule has 0 spiro atoms. The second kappa shape index (κ2) is 9.16. The summed E-state index contributed by atoms with van der Waals surface area (Å²) in [6, 6.07) is 16.2. The highest BCUT2D eigenvalue weighted by molar-refractivity contribution is 6.31. The van der Waals surface area contributed by atoms with Crippen molar-refractivity contribution < 1.29 is 14.3 Å². The highest BCUT2D eigenvalue weighted by Crippen LogP contribution is 2.30. The van der Waals surface area contributed by atoms with E-state index in [4.69, 9.17) is 21.1 Å². The molecular formula is C22H19ClN4O3. The number of carbonyl (C=O) groups excluding carboxylic acids is 1. The molecule has 0 saturated heterocycles. The molecule has 3 aromatic rings. The molecule has 0 radical (unpaired) electrons. The van der Waals surface area contributed by atoms with Crippen molar-refractivity contribution in [2.24, 2.45) is 0 Å². The topological polar surface area (TPSA) is 89.2 Å². The van der Waals surface area contributed by atoms with E-state index in [9.17, 15) is 10.1 Å². The van der Waals surface area contributed by atoms with Gasteiger partial charge in [0.2, 0.25) is 0 Å². The molecule has 0 fully saturated rings. The summed E-state index contributed by atoms with van der Waals surface area (Å²) in [5.41, 5.74) is 2.22. The van der Waals surface area contributed by atoms with Crippen molar-refractivity contribution >= 4 is 29.3 Å². The average Bonchev–Trinajstić information content (AvgIpc) is 3.05. The molecule has 8 heteroatoms. The van der Waals surface area contributed by atoms with E-state index in [1.807, 2.05) is 36.4 Å². The second-order valence-corrected chi connectivity index (χ2v) is 6.59. The van der Waals surface area contributed by atoms with Crippen LogP contribution in [0.4, 0.5) is 5.69 Å². The molecule has 1 heterocycles. The van der Waals surface area contributed by atoms with Gasteiger partial charge in [0.25, 0.3) is 5.91 Å². The maximum Gasteiger partial charge on any atom is 0.266 e. The molecule has 1 amide bonds. The van der Waals surface area contributed by atoms with E-state index in [-0.39, 0.29) is 5.57 Å². The number of ether oxygens (including phenoxy) is 2. The summed E-state index contributed by atoms with van der Waals surface area (Å²) in [6.45, 7) is 1.76. The molecule has 0 unspecified atom stereocenters. The van der Waals surface area contributed by atoms with Crippen molar-refractivity contribution in [2.45, 2.75) is 6.92 Å². The Balaban J connectivity index is 1.90. The Morgan fingerprint density at radius 2 is 1.87 bits per heavy atom. The lowest BCUT2D eigenvalue weighted by atomic mass is 10.1. The number of hydrogen-bond acceptors (Lipinski definition) is 5. The third kappa shape index (κ3) is 4.29. The van der Waals surface area contributed by atoms with Crippen LogP contribution in [-0.4, -0.2) is 29.9 Å². The van der Waals surface area contributed by atoms with Crippen LogP contribution in [0.1, 0.15) is 11.3 Å². The number of para-hydroxylation sites is 1. The lowest BCUT2D eigenvalue weighted by Gasteiger charge is -2.10. The molecule has 0 aliphatic rings. The summed E-state index contributed by atoms with van der Waals surface area (Å²) in [7, 11) is 3.02. The number of methoxy groups -OCH3 is 2. The maximum absolute atomic E-state index is 12.7. The highest BCUT2D eigenvalue weighted by Gasteiger charge is 2.17. The maximum atomic E-state index is 12.7. The third-order valence-electron chi connectivity index (χ3n) is 4.34. The Kier molecular flexibility index (Phi) is 6.40. The quantitative estimate of drug-likeness (QED) is 0.470. The molecule has 0 aliphatic heterocycles. The zero-order valence-electron chi connectivity index (χ0n) is 16.6. The van der Waals surface area contributed by atoms with Gasteiger partial charge < -0.3 is 14.8 Å². The number of amides is 1. The monoisotopic (exact) mass is 422 g/mol. The zero-order chi connectivity index (χ0) is 21.7. The fraction of sp³-hybridized carbons (Fsp3) is 0.136. The first-order valence-electron chi connectivity index (χ1n) is 8.94. The molecule has 0 aliphatic carbocycles. The highest BCUT2D eigenvalue weighted by atomic mass is 35.5. The lowest BCUT2D eigenvalue weighted by molar-refractivity contribution is -0.112. The van der Waals surface area contributed by atoms with E-state index in [1.165, 1.54) is 20.3 Å². The molecule has 2 aromatic carbocycles. The van der Waals surface area contributed by atoms with Gasteiger partial charge in [-0.15, -0.1) is 0 Å². The predicted octanol–water partition coefficient (Wildman–Crippen LogP) is 4.40. The van der Waals surface area contributed by atoms with Gasteiger partial charge in [-0.25, -0.2) is 4.68 Å². The fourth-order valence-corrected chi connectivity index (χ4v) is 3.15. The van der Waals surface area contributed by atoms with Crippen LogP contribution in [-0.2, 0) is 4.79 Å². The summed E-state index contributed by atoms with van der Waals surface area (Å²) in [4.78, 5) is 12.7. The van der Waals surface area contributed by atoms with E-state index in [1.54, 1.807) is 29.8 Å². The Morgan fingerprint density at radius 3 is 2.50 bits per heavy atom. The predicted molar refractivity (Wildman–Crippen MR) is 115 cm³/mol. The Hall–Kier alpha value is -3.76. The van der Waals surface area contributed by atoms with Crippen LogP contribution >= 0.6 is 11.6 Å². The van der Waals surface area contributed by atoms with Crippen LogP contribution in [0.5, 0.6) is 11.5 Å². The zero-order valence-corrected chi connectivity index (χ0v) is 17.4. The summed E-state index contributed by atoms with van der Waals surface area (Å²) in [5, 5.41) is 16.9. The van der Waals surface area contributed by atoms with Gasteiger partial charge in [-0.2, -0.15) is 10.4 Å². The van der Waals surface area contributed by atoms with E-state index >= 15 is 0 Å². The molecule has 3 rings (SSSR count). The van der Waals surface area contributed by atoms with Crippen molar-refractivity contribution in [3.05, 3.63) is 70.5 Å². The Morgan fingerprint density at radius 1 is 1.17 bits per heavy atom. The number of aryl methyl sites for hydroxylation is 1. The number of rotatable bonds is 6. The van der Waals surface area contributed by atoms with Crippen LogP contribution in [0.25, 0.3) is 11.8 Å². The van der Waals surface area contributed by atoms with Gasteiger partial charge in [-0.3, -0.25) is 4.79 Å². The summed E-state index contributed by atoms with van der Waals surface area (Å²) in [6.07, 6.45) is 1.43. The minimum atomic E-state index is -0.576. The third-order valence-corrected chi connectivity index (χ3v) is 4.71. The smallest absolute Gasteiger partial charge is 0.266 e. The first kappa shape index (κ1) is 21.0. The number of benzene rings is 2. The molecule has 1 aromatic heterocycles. The molecule has 0 saturated carbocycles. The number of nitriles is 1. The first-order valence-corrected chi connectivity index (χ1v) is 9.32. The molecule has 152 valence electrons. The van der Waals surface area contributed by atoms with Gasteiger partial charge in [0, 0.05) is 17.3 Å². The van der Waals surface area contributed by atoms with Crippen molar-refractivity contribution in [1.82, 2.24) is 9.78 Å². The van der Waals surface area contributed by atoms with E-state index in [0.29, 0.717) is 33.6 Å². The number of nitrogens with one attached hydrogen (secondary N) is 1. The number of halogens is 1. The van der Waals surface area contributed by atoms with Gasteiger partial charge in [-0.1, -0.05) is 29.8 Å². The van der Waals surface area contributed by atoms with Crippen LogP contribution in [0.3, 0.4) is 0 Å². The molecule has 0 atom stereocenters. The van der Waals surface area contributed by atoms with Crippen LogP contribution in [0.2, 0.25) is 5.15 Å². The second-order valence-electron chi connectivity index (χ2n) is 6.23. The minimum absolute atomic E-state index is 0.109. The van der Waals surface area contributed by atoms with Crippen molar-refractivity contribution in [2.75, 3.05) is 19.5 Å². The summed E-state index contributed by atoms with van der Waals surface area (Å²) in [5.74, 6) is 0.413. The van der Waals surface area contributed by atoms with Gasteiger partial charge in [0.05, 0.1) is 25.6 Å². The average molecular weight is 423 g/mol. The summed E-state index contributed by atoms with van der Waals surface area (Å²) < 4.78 is 12.0. The molecule has 0 bridgehead atoms. The van der Waals surface area contributed by atoms with E-state index in [2.05, 4.69) is 10.4 Å². The first-order chi connectivity index (χ1) is 14.5. The number of nitrogens with zero attached hydrogens (tertiary/aromatic N) is 3. The van der Waals surface area contributed by atoms with Gasteiger partial charge in [-0.05, 0) is 37.3 Å². The van der Waals surface area contributed by atoms with Crippen LogP contribution < -0.4 is 14.8 Å². The number of aromatic nitrogens is 2. The normalized spacial score (nSPS) is 11.0. The minimum Gasteiger partial charge on any atom is -0.493 e. The molecule has 1 N–H and O–H groups in total. The molecular weight excluding hydrogens is 404 g/mol. The number of carbonyl (C=O) groups is 1. The van der Waals surface area contributed by atoms with Crippen LogP contribution in [0, 0.1) is 18.3 Å². The standard InChI is InChI=1S/C22H19ClN4O3/c1-14-18(21(23)27(26-14)17-7-5-4-6-8-17)11-15(13-24)22(28)25-16-9-10-19(29-2)20(12-16)30-3/h4-12H,1-3H3,(H,25,28)/b15-11+. The largest absolute Gasteiger partial charge is 0.493 e. The van der Waals surface area contributed by atoms with E-state index < -0.39 is 5.91 Å². The summed E-state index contributed by atoms with van der Waals surface area (Å²) >= 11 is 6.49. The lowest BCUT2D eigenvalue weighted by Crippen LogP contribution is -2.13. The van der Waals surface area contributed by atoms with Crippen LogP contribution in [0.15, 0.2) is 54.1 Å². The molecule has 30 heavy (non-hydrogen) atoms. The van der Waals surface area contributed by atoms with Gasteiger partial charge >= 0.3 is 0 Å². The number of anilines is 1. The van der Waals surface area contributed by atoms with Crippen molar-refractivity contribution in [3.63, 3.8) is 0 Å². The van der Waals surface area contributed by atoms with Gasteiger partial charge in [0.15, 0.2) is 11.5 Å². The molecule has 7 nitrogen and oxygen atoms in total. The SMILES string of the molecule is COc1ccc(NC(=O)/C(C#N)=C/c2c(C)nn(-c3ccccc3)c2Cl)cc1OC. The fourth-order valence-electron chi connectivity index (χ4n) is 2.82. The Labute approximate surface area is 179 Å².